The molecule has 0 aromatic heterocycles. The molecule has 0 radical (unpaired) electrons. The Hall–Kier alpha value is -2.07. The average molecular weight is 301 g/mol. The number of rotatable bonds is 5. The number of hydrogen-bond donors (Lipinski definition) is 1. The summed E-state index contributed by atoms with van der Waals surface area (Å²) in [5.41, 5.74) is 7.60. The molecule has 0 heterocycles. The molecule has 0 aliphatic heterocycles. The van der Waals surface area contributed by atoms with Crippen molar-refractivity contribution >= 4 is 17.2 Å². The van der Waals surface area contributed by atoms with Crippen molar-refractivity contribution in [3.63, 3.8) is 0 Å². The molecule has 0 spiro atoms. The standard InChI is InChI=1S/C17H19NO2S/c1-11(2)13-6-4-5-7-15(13)20-16-10-12(19-3)8-9-14(16)17(18)21/h4-11H,1-3H3,(H2,18,21). The molecule has 0 saturated carbocycles. The summed E-state index contributed by atoms with van der Waals surface area (Å²) in [6, 6.07) is 13.4. The minimum absolute atomic E-state index is 0.301. The Labute approximate surface area is 130 Å². The second kappa shape index (κ2) is 6.59. The van der Waals surface area contributed by atoms with Crippen LogP contribution in [0.3, 0.4) is 0 Å². The maximum atomic E-state index is 6.06. The first kappa shape index (κ1) is 15.3. The van der Waals surface area contributed by atoms with Crippen molar-refractivity contribution in [3.05, 3.63) is 53.6 Å². The summed E-state index contributed by atoms with van der Waals surface area (Å²) in [5, 5.41) is 0. The van der Waals surface area contributed by atoms with E-state index in [9.17, 15) is 0 Å². The Morgan fingerprint density at radius 1 is 1.10 bits per heavy atom. The van der Waals surface area contributed by atoms with Crippen LogP contribution in [0.1, 0.15) is 30.9 Å². The summed E-state index contributed by atoms with van der Waals surface area (Å²) in [7, 11) is 1.61. The summed E-state index contributed by atoms with van der Waals surface area (Å²) in [5.74, 6) is 2.47. The van der Waals surface area contributed by atoms with Crippen LogP contribution < -0.4 is 15.2 Å². The first-order chi connectivity index (χ1) is 10.0. The predicted molar refractivity (Wildman–Crippen MR) is 89.5 cm³/mol. The molecule has 0 unspecified atom stereocenters. The van der Waals surface area contributed by atoms with Crippen LogP contribution in [-0.2, 0) is 0 Å². The summed E-state index contributed by atoms with van der Waals surface area (Å²) in [4.78, 5) is 0.301. The monoisotopic (exact) mass is 301 g/mol. The second-order valence-electron chi connectivity index (χ2n) is 5.02. The van der Waals surface area contributed by atoms with Gasteiger partial charge in [0.15, 0.2) is 0 Å². The molecular weight excluding hydrogens is 282 g/mol. The highest BCUT2D eigenvalue weighted by Gasteiger charge is 2.13. The third-order valence-electron chi connectivity index (χ3n) is 3.22. The normalized spacial score (nSPS) is 10.5. The first-order valence-corrected chi connectivity index (χ1v) is 7.18. The van der Waals surface area contributed by atoms with E-state index in [1.807, 2.05) is 30.3 Å². The maximum Gasteiger partial charge on any atom is 0.141 e. The Morgan fingerprint density at radius 2 is 1.81 bits per heavy atom. The zero-order valence-corrected chi connectivity index (χ0v) is 13.2. The Morgan fingerprint density at radius 3 is 2.43 bits per heavy atom. The van der Waals surface area contributed by atoms with Crippen molar-refractivity contribution in [2.75, 3.05) is 7.11 Å². The van der Waals surface area contributed by atoms with Crippen molar-refractivity contribution in [2.24, 2.45) is 5.73 Å². The van der Waals surface area contributed by atoms with E-state index in [1.54, 1.807) is 13.2 Å². The Kier molecular flexibility index (Phi) is 4.81. The molecule has 0 fully saturated rings. The van der Waals surface area contributed by atoms with Gasteiger partial charge >= 0.3 is 0 Å². The number of hydrogen-bond acceptors (Lipinski definition) is 3. The minimum Gasteiger partial charge on any atom is -0.497 e. The average Bonchev–Trinajstić information content (AvgIpc) is 2.47. The highest BCUT2D eigenvalue weighted by atomic mass is 32.1. The van der Waals surface area contributed by atoms with Gasteiger partial charge in [-0.15, -0.1) is 0 Å². The van der Waals surface area contributed by atoms with Gasteiger partial charge in [-0.3, -0.25) is 0 Å². The smallest absolute Gasteiger partial charge is 0.141 e. The van der Waals surface area contributed by atoms with Gasteiger partial charge in [-0.05, 0) is 29.7 Å². The zero-order valence-electron chi connectivity index (χ0n) is 12.4. The van der Waals surface area contributed by atoms with E-state index in [4.69, 9.17) is 27.4 Å². The molecule has 0 aliphatic rings. The van der Waals surface area contributed by atoms with Gasteiger partial charge < -0.3 is 15.2 Å². The highest BCUT2D eigenvalue weighted by Crippen LogP contribution is 2.33. The molecule has 110 valence electrons. The Bertz CT molecular complexity index is 653. The van der Waals surface area contributed by atoms with Gasteiger partial charge in [0, 0.05) is 6.07 Å². The fourth-order valence-corrected chi connectivity index (χ4v) is 2.26. The number of methoxy groups -OCH3 is 1. The largest absolute Gasteiger partial charge is 0.497 e. The lowest BCUT2D eigenvalue weighted by Crippen LogP contribution is -2.11. The maximum absolute atomic E-state index is 6.06. The van der Waals surface area contributed by atoms with E-state index < -0.39 is 0 Å². The lowest BCUT2D eigenvalue weighted by molar-refractivity contribution is 0.408. The third-order valence-corrected chi connectivity index (χ3v) is 3.44. The van der Waals surface area contributed by atoms with Crippen LogP contribution in [0.25, 0.3) is 0 Å². The number of ether oxygens (including phenoxy) is 2. The molecule has 21 heavy (non-hydrogen) atoms. The molecule has 0 bridgehead atoms. The van der Waals surface area contributed by atoms with Crippen molar-refractivity contribution in [2.45, 2.75) is 19.8 Å². The summed E-state index contributed by atoms with van der Waals surface area (Å²) >= 11 is 5.09. The number of thiocarbonyl (C=S) groups is 1. The number of benzene rings is 2. The molecule has 4 heteroatoms. The summed E-state index contributed by atoms with van der Waals surface area (Å²) in [6.07, 6.45) is 0. The lowest BCUT2D eigenvalue weighted by Gasteiger charge is -2.16. The summed E-state index contributed by atoms with van der Waals surface area (Å²) < 4.78 is 11.3. The lowest BCUT2D eigenvalue weighted by atomic mass is 10.0. The van der Waals surface area contributed by atoms with Gasteiger partial charge in [-0.1, -0.05) is 44.3 Å². The van der Waals surface area contributed by atoms with Gasteiger partial charge in [-0.2, -0.15) is 0 Å². The Balaban J connectivity index is 2.45. The van der Waals surface area contributed by atoms with Crippen LogP contribution in [0.15, 0.2) is 42.5 Å². The third kappa shape index (κ3) is 3.52. The van der Waals surface area contributed by atoms with Crippen molar-refractivity contribution in [3.8, 4) is 17.2 Å². The van der Waals surface area contributed by atoms with E-state index in [2.05, 4.69) is 19.9 Å². The minimum atomic E-state index is 0.301. The number of nitrogens with two attached hydrogens (primary N) is 1. The van der Waals surface area contributed by atoms with Gasteiger partial charge in [0.05, 0.1) is 12.7 Å². The molecule has 2 aromatic rings. The van der Waals surface area contributed by atoms with E-state index in [1.165, 1.54) is 0 Å². The highest BCUT2D eigenvalue weighted by molar-refractivity contribution is 7.80. The van der Waals surface area contributed by atoms with Crippen LogP contribution >= 0.6 is 12.2 Å². The fourth-order valence-electron chi connectivity index (χ4n) is 2.09. The fraction of sp³-hybridized carbons (Fsp3) is 0.235. The molecule has 2 aromatic carbocycles. The first-order valence-electron chi connectivity index (χ1n) is 6.77. The van der Waals surface area contributed by atoms with Gasteiger partial charge in [0.2, 0.25) is 0 Å². The van der Waals surface area contributed by atoms with Crippen LogP contribution in [-0.4, -0.2) is 12.1 Å². The molecule has 3 nitrogen and oxygen atoms in total. The molecule has 0 saturated heterocycles. The van der Waals surface area contributed by atoms with E-state index in [0.717, 1.165) is 11.3 Å². The van der Waals surface area contributed by atoms with Gasteiger partial charge in [0.1, 0.15) is 22.2 Å². The van der Waals surface area contributed by atoms with E-state index in [0.29, 0.717) is 28.0 Å². The van der Waals surface area contributed by atoms with Crippen LogP contribution in [0.4, 0.5) is 0 Å². The number of para-hydroxylation sites is 1. The quantitative estimate of drug-likeness (QED) is 0.839. The van der Waals surface area contributed by atoms with Crippen LogP contribution in [0.2, 0.25) is 0 Å². The second-order valence-corrected chi connectivity index (χ2v) is 5.46. The van der Waals surface area contributed by atoms with E-state index in [-0.39, 0.29) is 0 Å². The molecular formula is C17H19NO2S. The van der Waals surface area contributed by atoms with Crippen LogP contribution in [0.5, 0.6) is 17.2 Å². The predicted octanol–water partition coefficient (Wildman–Crippen LogP) is 4.25. The molecule has 0 amide bonds. The molecule has 0 atom stereocenters. The van der Waals surface area contributed by atoms with Gasteiger partial charge in [0.25, 0.3) is 0 Å². The summed E-state index contributed by atoms with van der Waals surface area (Å²) in [6.45, 7) is 4.25. The van der Waals surface area contributed by atoms with Crippen LogP contribution in [0, 0.1) is 0 Å². The van der Waals surface area contributed by atoms with Gasteiger partial charge in [-0.25, -0.2) is 0 Å². The van der Waals surface area contributed by atoms with Crippen molar-refractivity contribution in [1.29, 1.82) is 0 Å². The van der Waals surface area contributed by atoms with E-state index >= 15 is 0 Å². The molecule has 2 N–H and O–H groups in total. The SMILES string of the molecule is COc1ccc(C(N)=S)c(Oc2ccccc2C(C)C)c1. The van der Waals surface area contributed by atoms with Crippen molar-refractivity contribution < 1.29 is 9.47 Å². The van der Waals surface area contributed by atoms with Crippen molar-refractivity contribution in [1.82, 2.24) is 0 Å². The molecule has 0 aliphatic carbocycles. The topological polar surface area (TPSA) is 44.5 Å². The zero-order chi connectivity index (χ0) is 15.4. The molecule has 2 rings (SSSR count).